The van der Waals surface area contributed by atoms with Crippen molar-refractivity contribution in [3.05, 3.63) is 51.0 Å². The Hall–Kier alpha value is -1.72. The van der Waals surface area contributed by atoms with Crippen LogP contribution < -0.4 is 0 Å². The molecule has 1 aliphatic heterocycles. The smallest absolute Gasteiger partial charge is 0.266 e. The third-order valence-electron chi connectivity index (χ3n) is 4.86. The summed E-state index contributed by atoms with van der Waals surface area (Å²) in [6.45, 7) is 6.71. The summed E-state index contributed by atoms with van der Waals surface area (Å²) >= 11 is 1.29. The van der Waals surface area contributed by atoms with Crippen molar-refractivity contribution in [2.24, 2.45) is 0 Å². The van der Waals surface area contributed by atoms with E-state index in [2.05, 4.69) is 37.0 Å². The first-order valence-corrected chi connectivity index (χ1v) is 9.31. The van der Waals surface area contributed by atoms with Crippen molar-refractivity contribution in [3.8, 4) is 0 Å². The van der Waals surface area contributed by atoms with Gasteiger partial charge in [-0.2, -0.15) is 0 Å². The van der Waals surface area contributed by atoms with Crippen molar-refractivity contribution in [3.63, 3.8) is 0 Å². The minimum atomic E-state index is -0.632. The third-order valence-corrected chi connectivity index (χ3v) is 6.02. The van der Waals surface area contributed by atoms with Crippen molar-refractivity contribution in [2.45, 2.75) is 52.2 Å². The molecule has 1 N–H and O–H groups in total. The lowest BCUT2D eigenvalue weighted by Crippen LogP contribution is -2.38. The number of nitrogens with zero attached hydrogens (tertiary/aromatic N) is 2. The molecular formula is C19H24N2O2S. The predicted molar refractivity (Wildman–Crippen MR) is 96.3 cm³/mol. The quantitative estimate of drug-likeness (QED) is 0.909. The summed E-state index contributed by atoms with van der Waals surface area (Å²) in [5.41, 5.74) is 3.79. The molecule has 1 aliphatic rings. The molecule has 0 unspecified atom stereocenters. The first-order chi connectivity index (χ1) is 11.5. The molecule has 2 heterocycles. The van der Waals surface area contributed by atoms with E-state index >= 15 is 0 Å². The highest BCUT2D eigenvalue weighted by Gasteiger charge is 2.30. The molecule has 2 aromatic rings. The summed E-state index contributed by atoms with van der Waals surface area (Å²) in [7, 11) is 0. The molecular weight excluding hydrogens is 320 g/mol. The van der Waals surface area contributed by atoms with E-state index in [1.807, 2.05) is 4.90 Å². The molecule has 4 nitrogen and oxygen atoms in total. The van der Waals surface area contributed by atoms with Crippen molar-refractivity contribution >= 4 is 17.2 Å². The summed E-state index contributed by atoms with van der Waals surface area (Å²) in [6, 6.07) is 6.47. The van der Waals surface area contributed by atoms with Gasteiger partial charge >= 0.3 is 0 Å². The van der Waals surface area contributed by atoms with Crippen LogP contribution in [0.2, 0.25) is 0 Å². The van der Waals surface area contributed by atoms with E-state index in [9.17, 15) is 9.90 Å². The van der Waals surface area contributed by atoms with Crippen LogP contribution in [0.15, 0.2) is 24.4 Å². The predicted octanol–water partition coefficient (Wildman–Crippen LogP) is 4.18. The van der Waals surface area contributed by atoms with Gasteiger partial charge in [0.15, 0.2) is 0 Å². The summed E-state index contributed by atoms with van der Waals surface area (Å²) in [4.78, 5) is 19.8. The van der Waals surface area contributed by atoms with E-state index in [-0.39, 0.29) is 11.9 Å². The van der Waals surface area contributed by atoms with Gasteiger partial charge in [0.1, 0.15) is 16.0 Å². The van der Waals surface area contributed by atoms with E-state index in [1.165, 1.54) is 28.0 Å². The highest BCUT2D eigenvalue weighted by molar-refractivity contribution is 7.13. The van der Waals surface area contributed by atoms with E-state index in [0.29, 0.717) is 9.88 Å². The second kappa shape index (κ2) is 7.03. The molecule has 128 valence electrons. The molecule has 0 spiro atoms. The Morgan fingerprint density at radius 1 is 1.38 bits per heavy atom. The van der Waals surface area contributed by atoms with Crippen molar-refractivity contribution in [1.82, 2.24) is 9.88 Å². The molecule has 24 heavy (non-hydrogen) atoms. The Labute approximate surface area is 147 Å². The number of rotatable bonds is 3. The van der Waals surface area contributed by atoms with Gasteiger partial charge < -0.3 is 10.0 Å². The average molecular weight is 344 g/mol. The van der Waals surface area contributed by atoms with Gasteiger partial charge in [0, 0.05) is 6.54 Å². The first kappa shape index (κ1) is 17.1. The van der Waals surface area contributed by atoms with Crippen LogP contribution in [0.1, 0.15) is 69.7 Å². The third kappa shape index (κ3) is 3.23. The summed E-state index contributed by atoms with van der Waals surface area (Å²) < 4.78 is 0. The molecule has 3 rings (SSSR count). The van der Waals surface area contributed by atoms with Gasteiger partial charge in [-0.1, -0.05) is 18.2 Å². The SMILES string of the molecule is Cc1cccc([C@H]2CCCCN2C(=O)c2cnc([C@@H](C)O)s2)c1C. The van der Waals surface area contributed by atoms with Crippen LogP contribution in [0.3, 0.4) is 0 Å². The van der Waals surface area contributed by atoms with E-state index in [4.69, 9.17) is 0 Å². The number of aromatic nitrogens is 1. The molecule has 5 heteroatoms. The zero-order chi connectivity index (χ0) is 17.3. The van der Waals surface area contributed by atoms with Crippen LogP contribution in [0.25, 0.3) is 0 Å². The topological polar surface area (TPSA) is 53.4 Å². The molecule has 0 aliphatic carbocycles. The minimum absolute atomic E-state index is 0.0324. The fourth-order valence-corrected chi connectivity index (χ4v) is 4.17. The monoisotopic (exact) mass is 344 g/mol. The highest BCUT2D eigenvalue weighted by atomic mass is 32.1. The van der Waals surface area contributed by atoms with Gasteiger partial charge in [-0.3, -0.25) is 4.79 Å². The Bertz CT molecular complexity index is 739. The van der Waals surface area contributed by atoms with E-state index < -0.39 is 6.10 Å². The number of likely N-dealkylation sites (tertiary alicyclic amines) is 1. The Morgan fingerprint density at radius 3 is 2.88 bits per heavy atom. The highest BCUT2D eigenvalue weighted by Crippen LogP contribution is 2.35. The zero-order valence-corrected chi connectivity index (χ0v) is 15.3. The summed E-state index contributed by atoms with van der Waals surface area (Å²) in [6.07, 6.45) is 4.15. The fraction of sp³-hybridized carbons (Fsp3) is 0.474. The lowest BCUT2D eigenvalue weighted by Gasteiger charge is -2.36. The minimum Gasteiger partial charge on any atom is -0.386 e. The molecule has 1 fully saturated rings. The van der Waals surface area contributed by atoms with Gasteiger partial charge in [-0.25, -0.2) is 4.98 Å². The molecule has 0 bridgehead atoms. The summed E-state index contributed by atoms with van der Waals surface area (Å²) in [5.74, 6) is 0.0324. The van der Waals surface area contributed by atoms with Crippen molar-refractivity contribution < 1.29 is 9.90 Å². The second-order valence-electron chi connectivity index (χ2n) is 6.54. The standard InChI is InChI=1S/C19H24N2O2S/c1-12-7-6-8-15(13(12)2)16-9-4-5-10-21(16)19(23)17-11-20-18(24-17)14(3)22/h6-8,11,14,16,22H,4-5,9-10H2,1-3H3/t14-,16-/m1/s1. The maximum atomic E-state index is 13.0. The number of piperidine rings is 1. The van der Waals surface area contributed by atoms with Crippen LogP contribution in [0.5, 0.6) is 0 Å². The molecule has 1 aromatic carbocycles. The van der Waals surface area contributed by atoms with Crippen LogP contribution in [0.4, 0.5) is 0 Å². The van der Waals surface area contributed by atoms with Crippen LogP contribution in [-0.2, 0) is 0 Å². The molecule has 0 saturated carbocycles. The number of carbonyl (C=O) groups excluding carboxylic acids is 1. The average Bonchev–Trinajstić information content (AvgIpc) is 3.07. The fourth-order valence-electron chi connectivity index (χ4n) is 3.35. The number of aliphatic hydroxyl groups is 1. The summed E-state index contributed by atoms with van der Waals surface area (Å²) in [5, 5.41) is 10.2. The normalized spacial score (nSPS) is 19.3. The number of aryl methyl sites for hydroxylation is 1. The van der Waals surface area contributed by atoms with Gasteiger partial charge in [0.2, 0.25) is 0 Å². The number of benzene rings is 1. The number of carbonyl (C=O) groups is 1. The maximum absolute atomic E-state index is 13.0. The number of hydrogen-bond acceptors (Lipinski definition) is 4. The maximum Gasteiger partial charge on any atom is 0.266 e. The second-order valence-corrected chi connectivity index (χ2v) is 7.60. The van der Waals surface area contributed by atoms with Crippen molar-refractivity contribution in [1.29, 1.82) is 0 Å². The lowest BCUT2D eigenvalue weighted by molar-refractivity contribution is 0.0615. The Balaban J connectivity index is 1.91. The van der Waals surface area contributed by atoms with Crippen LogP contribution >= 0.6 is 11.3 Å². The van der Waals surface area contributed by atoms with E-state index in [1.54, 1.807) is 13.1 Å². The van der Waals surface area contributed by atoms with Crippen LogP contribution in [-0.4, -0.2) is 27.4 Å². The van der Waals surface area contributed by atoms with Gasteiger partial charge in [-0.15, -0.1) is 11.3 Å². The first-order valence-electron chi connectivity index (χ1n) is 8.50. The van der Waals surface area contributed by atoms with Crippen LogP contribution in [0, 0.1) is 13.8 Å². The molecule has 2 atom stereocenters. The zero-order valence-electron chi connectivity index (χ0n) is 14.5. The Morgan fingerprint density at radius 2 is 2.17 bits per heavy atom. The number of hydrogen-bond donors (Lipinski definition) is 1. The largest absolute Gasteiger partial charge is 0.386 e. The Kier molecular flexibility index (Phi) is 5.01. The molecule has 1 aromatic heterocycles. The van der Waals surface area contributed by atoms with E-state index in [0.717, 1.165) is 25.8 Å². The molecule has 0 radical (unpaired) electrons. The molecule has 1 saturated heterocycles. The van der Waals surface area contributed by atoms with Gasteiger partial charge in [0.05, 0.1) is 12.2 Å². The van der Waals surface area contributed by atoms with Gasteiger partial charge in [-0.05, 0) is 56.7 Å². The lowest BCUT2D eigenvalue weighted by atomic mass is 9.90. The number of thiazole rings is 1. The van der Waals surface area contributed by atoms with Gasteiger partial charge in [0.25, 0.3) is 5.91 Å². The number of aliphatic hydroxyl groups excluding tert-OH is 1. The van der Waals surface area contributed by atoms with Crippen molar-refractivity contribution in [2.75, 3.05) is 6.54 Å². The molecule has 1 amide bonds. The number of amides is 1.